The van der Waals surface area contributed by atoms with Crippen molar-refractivity contribution in [3.8, 4) is 11.5 Å². The molecule has 2 aliphatic heterocycles. The molecular formula is C25H42N4O4. The normalized spacial score (nSPS) is 21.0. The molecule has 8 heteroatoms. The number of carbonyl (C=O) groups excluding carboxylic acids is 1. The highest BCUT2D eigenvalue weighted by Crippen LogP contribution is 2.39. The molecular weight excluding hydrogens is 420 g/mol. The molecule has 2 aliphatic rings. The van der Waals surface area contributed by atoms with Crippen LogP contribution in [0.2, 0.25) is 0 Å². The highest BCUT2D eigenvalue weighted by atomic mass is 16.7. The molecule has 1 fully saturated rings. The summed E-state index contributed by atoms with van der Waals surface area (Å²) < 4.78 is 11.1. The average Bonchev–Trinajstić information content (AvgIpc) is 3.43. The number of ether oxygens (including phenoxy) is 2. The molecule has 0 aliphatic carbocycles. The molecule has 3 N–H and O–H groups in total. The Labute approximate surface area is 198 Å². The molecule has 0 saturated carbocycles. The summed E-state index contributed by atoms with van der Waals surface area (Å²) in [5.74, 6) is 2.09. The second kappa shape index (κ2) is 12.6. The van der Waals surface area contributed by atoms with Gasteiger partial charge in [0.25, 0.3) is 0 Å². The van der Waals surface area contributed by atoms with Crippen molar-refractivity contribution < 1.29 is 19.4 Å². The number of hydrogen-bond acceptors (Lipinski definition) is 7. The van der Waals surface area contributed by atoms with Gasteiger partial charge in [-0.15, -0.1) is 0 Å². The molecule has 0 radical (unpaired) electrons. The molecule has 0 bridgehead atoms. The van der Waals surface area contributed by atoms with Gasteiger partial charge < -0.3 is 25.2 Å². The van der Waals surface area contributed by atoms with Crippen molar-refractivity contribution in [1.82, 2.24) is 14.7 Å². The average molecular weight is 463 g/mol. The predicted molar refractivity (Wildman–Crippen MR) is 129 cm³/mol. The first-order valence-corrected chi connectivity index (χ1v) is 12.5. The third-order valence-corrected chi connectivity index (χ3v) is 6.95. The Balaban J connectivity index is 1.71. The molecule has 2 heterocycles. The molecule has 1 saturated heterocycles. The lowest BCUT2D eigenvalue weighted by molar-refractivity contribution is -0.132. The first kappa shape index (κ1) is 25.7. The zero-order valence-corrected chi connectivity index (χ0v) is 20.5. The Hall–Kier alpha value is -1.87. The van der Waals surface area contributed by atoms with E-state index in [0.717, 1.165) is 63.4 Å². The van der Waals surface area contributed by atoms with Crippen LogP contribution < -0.4 is 15.2 Å². The van der Waals surface area contributed by atoms with Crippen LogP contribution in [0.1, 0.15) is 57.9 Å². The van der Waals surface area contributed by atoms with Gasteiger partial charge in [0.05, 0.1) is 6.54 Å². The number of aliphatic hydroxyl groups is 1. The Morgan fingerprint density at radius 3 is 2.73 bits per heavy atom. The number of carbonyl (C=O) groups is 1. The van der Waals surface area contributed by atoms with Crippen molar-refractivity contribution in [1.29, 1.82) is 0 Å². The van der Waals surface area contributed by atoms with E-state index in [0.29, 0.717) is 25.6 Å². The van der Waals surface area contributed by atoms with Gasteiger partial charge in [0.15, 0.2) is 11.5 Å². The van der Waals surface area contributed by atoms with E-state index in [-0.39, 0.29) is 18.7 Å². The summed E-state index contributed by atoms with van der Waals surface area (Å²) in [4.78, 5) is 19.5. The van der Waals surface area contributed by atoms with E-state index in [2.05, 4.69) is 35.8 Å². The summed E-state index contributed by atoms with van der Waals surface area (Å²) in [6.45, 7) is 11.0. The van der Waals surface area contributed by atoms with E-state index < -0.39 is 6.23 Å². The third-order valence-electron chi connectivity index (χ3n) is 6.95. The van der Waals surface area contributed by atoms with Gasteiger partial charge in [-0.25, -0.2) is 0 Å². The number of nitrogens with two attached hydrogens (primary N) is 1. The van der Waals surface area contributed by atoms with Gasteiger partial charge >= 0.3 is 0 Å². The quantitative estimate of drug-likeness (QED) is 0.434. The van der Waals surface area contributed by atoms with E-state index >= 15 is 0 Å². The van der Waals surface area contributed by atoms with Crippen LogP contribution in [-0.4, -0.2) is 90.6 Å². The highest BCUT2D eigenvalue weighted by Gasteiger charge is 2.35. The highest BCUT2D eigenvalue weighted by molar-refractivity contribution is 5.78. The van der Waals surface area contributed by atoms with Crippen molar-refractivity contribution in [2.24, 2.45) is 5.73 Å². The largest absolute Gasteiger partial charge is 0.454 e. The van der Waals surface area contributed by atoms with E-state index in [9.17, 15) is 9.90 Å². The van der Waals surface area contributed by atoms with Crippen LogP contribution in [0.25, 0.3) is 0 Å². The van der Waals surface area contributed by atoms with Gasteiger partial charge in [0.1, 0.15) is 6.23 Å². The number of rotatable bonds is 13. The molecule has 1 amide bonds. The summed E-state index contributed by atoms with van der Waals surface area (Å²) in [5, 5.41) is 10.0. The van der Waals surface area contributed by atoms with Crippen LogP contribution in [-0.2, 0) is 4.79 Å². The molecule has 1 aromatic rings. The zero-order chi connectivity index (χ0) is 23.8. The van der Waals surface area contributed by atoms with Gasteiger partial charge in [-0.3, -0.25) is 14.6 Å². The molecule has 0 spiro atoms. The van der Waals surface area contributed by atoms with Gasteiger partial charge in [-0.05, 0) is 56.3 Å². The van der Waals surface area contributed by atoms with Crippen LogP contribution in [0.5, 0.6) is 11.5 Å². The summed E-state index contributed by atoms with van der Waals surface area (Å²) in [6.07, 6.45) is 3.48. The molecule has 1 unspecified atom stereocenters. The van der Waals surface area contributed by atoms with Gasteiger partial charge in [-0.1, -0.05) is 26.3 Å². The van der Waals surface area contributed by atoms with Gasteiger partial charge in [0.2, 0.25) is 12.7 Å². The number of aliphatic hydroxyl groups excluding tert-OH is 1. The number of fused-ring (bicyclic) bond motifs is 1. The molecule has 3 atom stereocenters. The van der Waals surface area contributed by atoms with Gasteiger partial charge in [-0.2, -0.15) is 0 Å². The van der Waals surface area contributed by atoms with Crippen molar-refractivity contribution >= 4 is 5.91 Å². The predicted octanol–water partition coefficient (Wildman–Crippen LogP) is 2.21. The summed E-state index contributed by atoms with van der Waals surface area (Å²) in [6, 6.07) is 6.48. The number of hydrogen-bond donors (Lipinski definition) is 2. The number of amides is 1. The number of likely N-dealkylation sites (tertiary alicyclic amines) is 1. The minimum absolute atomic E-state index is 0.160. The van der Waals surface area contributed by atoms with Crippen LogP contribution in [0.15, 0.2) is 18.2 Å². The van der Waals surface area contributed by atoms with Crippen LogP contribution >= 0.6 is 0 Å². The zero-order valence-electron chi connectivity index (χ0n) is 20.5. The van der Waals surface area contributed by atoms with Crippen molar-refractivity contribution in [2.45, 2.75) is 64.6 Å². The maximum absolute atomic E-state index is 13.2. The standard InChI is InChI=1S/C25H42N4O4/c1-4-6-11-28(13-10-26)25(31)17-29-16-21(14-22(29)9-12-27(5-2)19(3)30)20-7-8-23-24(15-20)33-18-32-23/h7-8,15,19,21-22,30H,4-6,9-14,16-18,26H2,1-3H3/t19?,21-,22+/m1/s1. The Morgan fingerprint density at radius 1 is 1.24 bits per heavy atom. The van der Waals surface area contributed by atoms with E-state index in [4.69, 9.17) is 15.2 Å². The lowest BCUT2D eigenvalue weighted by Crippen LogP contribution is -2.45. The molecule has 1 aromatic carbocycles. The maximum Gasteiger partial charge on any atom is 0.236 e. The molecule has 3 rings (SSSR count). The van der Waals surface area contributed by atoms with E-state index in [1.165, 1.54) is 5.56 Å². The van der Waals surface area contributed by atoms with Crippen molar-refractivity contribution in [2.75, 3.05) is 52.6 Å². The molecule has 33 heavy (non-hydrogen) atoms. The minimum Gasteiger partial charge on any atom is -0.454 e. The second-order valence-electron chi connectivity index (χ2n) is 9.20. The smallest absolute Gasteiger partial charge is 0.236 e. The minimum atomic E-state index is -0.467. The fraction of sp³-hybridized carbons (Fsp3) is 0.720. The monoisotopic (exact) mass is 462 g/mol. The third kappa shape index (κ3) is 6.82. The van der Waals surface area contributed by atoms with E-state index in [1.54, 1.807) is 0 Å². The number of benzene rings is 1. The first-order chi connectivity index (χ1) is 16.0. The topological polar surface area (TPSA) is 91.5 Å². The van der Waals surface area contributed by atoms with Crippen LogP contribution in [0, 0.1) is 0 Å². The fourth-order valence-electron chi connectivity index (χ4n) is 4.95. The van der Waals surface area contributed by atoms with Crippen molar-refractivity contribution in [3.63, 3.8) is 0 Å². The Morgan fingerprint density at radius 2 is 2.03 bits per heavy atom. The second-order valence-corrected chi connectivity index (χ2v) is 9.20. The van der Waals surface area contributed by atoms with Crippen LogP contribution in [0.4, 0.5) is 0 Å². The number of unbranched alkanes of at least 4 members (excludes halogenated alkanes) is 1. The first-order valence-electron chi connectivity index (χ1n) is 12.5. The Kier molecular flexibility index (Phi) is 9.79. The Bertz CT molecular complexity index is 760. The molecule has 186 valence electrons. The lowest BCUT2D eigenvalue weighted by Gasteiger charge is -2.30. The van der Waals surface area contributed by atoms with Gasteiger partial charge in [0, 0.05) is 38.8 Å². The maximum atomic E-state index is 13.2. The fourth-order valence-corrected chi connectivity index (χ4v) is 4.95. The summed E-state index contributed by atoms with van der Waals surface area (Å²) >= 11 is 0. The summed E-state index contributed by atoms with van der Waals surface area (Å²) in [7, 11) is 0. The molecule has 0 aromatic heterocycles. The van der Waals surface area contributed by atoms with E-state index in [1.807, 2.05) is 17.9 Å². The van der Waals surface area contributed by atoms with Crippen LogP contribution in [0.3, 0.4) is 0 Å². The number of nitrogens with zero attached hydrogens (tertiary/aromatic N) is 3. The van der Waals surface area contributed by atoms with Crippen molar-refractivity contribution in [3.05, 3.63) is 23.8 Å². The molecule has 8 nitrogen and oxygen atoms in total. The lowest BCUT2D eigenvalue weighted by atomic mass is 9.95. The summed E-state index contributed by atoms with van der Waals surface area (Å²) in [5.41, 5.74) is 7.01. The SMILES string of the molecule is CCCCN(CCN)C(=O)CN1C[C@H](c2ccc3c(c2)OCO3)C[C@@H]1CCN(CC)C(C)O.